The third-order valence-electron chi connectivity index (χ3n) is 4.63. The number of benzene rings is 2. The van der Waals surface area contributed by atoms with Crippen LogP contribution in [0.5, 0.6) is 0 Å². The minimum absolute atomic E-state index is 0.129. The third kappa shape index (κ3) is 6.98. The quantitative estimate of drug-likeness (QED) is 0.445. The predicted octanol–water partition coefficient (Wildman–Crippen LogP) is 3.14. The Balaban J connectivity index is 1.45. The van der Waals surface area contributed by atoms with Crippen LogP contribution >= 0.6 is 27.5 Å². The van der Waals surface area contributed by atoms with E-state index in [2.05, 4.69) is 26.5 Å². The number of hydrogen-bond donors (Lipinski definition) is 1. The molecule has 1 saturated heterocycles. The van der Waals surface area contributed by atoms with Crippen molar-refractivity contribution in [2.24, 2.45) is 5.10 Å². The second-order valence-corrected chi connectivity index (χ2v) is 10.2. The third-order valence-corrected chi connectivity index (χ3v) is 7.28. The first-order chi connectivity index (χ1) is 14.8. The second-order valence-electron chi connectivity index (χ2n) is 6.87. The number of allylic oxidation sites excluding steroid dienone is 1. The maximum Gasteiger partial charge on any atom is 0.254 e. The van der Waals surface area contributed by atoms with E-state index in [1.807, 2.05) is 35.2 Å². The minimum Gasteiger partial charge on any atom is -0.292 e. The van der Waals surface area contributed by atoms with Crippen molar-refractivity contribution in [3.05, 3.63) is 69.7 Å². The average Bonchev–Trinajstić information content (AvgIpc) is 2.75. The monoisotopic (exact) mass is 524 g/mol. The molecular weight excluding hydrogens is 504 g/mol. The Bertz CT molecular complexity index is 1050. The van der Waals surface area contributed by atoms with Gasteiger partial charge in [0.05, 0.1) is 22.7 Å². The molecule has 1 heterocycles. The van der Waals surface area contributed by atoms with Gasteiger partial charge in [0, 0.05) is 30.7 Å². The molecule has 1 amide bonds. The summed E-state index contributed by atoms with van der Waals surface area (Å²) < 4.78 is 27.7. The van der Waals surface area contributed by atoms with Gasteiger partial charge in [0.25, 0.3) is 5.91 Å². The van der Waals surface area contributed by atoms with Crippen LogP contribution in [0.4, 0.5) is 0 Å². The highest BCUT2D eigenvalue weighted by Crippen LogP contribution is 2.20. The molecule has 0 atom stereocenters. The van der Waals surface area contributed by atoms with Gasteiger partial charge < -0.3 is 0 Å². The first kappa shape index (κ1) is 23.6. The Morgan fingerprint density at radius 1 is 1.06 bits per heavy atom. The number of halogens is 2. The Labute approximate surface area is 195 Å². The molecule has 31 heavy (non-hydrogen) atoms. The van der Waals surface area contributed by atoms with Crippen molar-refractivity contribution in [2.75, 3.05) is 32.7 Å². The lowest BCUT2D eigenvalue weighted by molar-refractivity contribution is -0.122. The molecular formula is C21H22BrClN4O3S. The van der Waals surface area contributed by atoms with Gasteiger partial charge in [-0.3, -0.25) is 9.69 Å². The molecule has 0 saturated carbocycles. The zero-order chi connectivity index (χ0) is 22.3. The number of hydrazone groups is 1. The number of piperazine rings is 1. The van der Waals surface area contributed by atoms with Crippen molar-refractivity contribution >= 4 is 55.8 Å². The van der Waals surface area contributed by atoms with Gasteiger partial charge in [-0.05, 0) is 35.9 Å². The smallest absolute Gasteiger partial charge is 0.254 e. The minimum atomic E-state index is -3.54. The van der Waals surface area contributed by atoms with Gasteiger partial charge in [0.1, 0.15) is 0 Å². The fraction of sp³-hybridized carbons (Fsp3) is 0.238. The lowest BCUT2D eigenvalue weighted by Gasteiger charge is -2.33. The van der Waals surface area contributed by atoms with Crippen LogP contribution in [-0.2, 0) is 14.8 Å². The zero-order valence-corrected chi connectivity index (χ0v) is 19.8. The molecule has 0 spiro atoms. The van der Waals surface area contributed by atoms with Gasteiger partial charge in [-0.1, -0.05) is 57.9 Å². The van der Waals surface area contributed by atoms with Crippen LogP contribution in [0.2, 0.25) is 0 Å². The molecule has 0 unspecified atom stereocenters. The number of carbonyl (C=O) groups is 1. The van der Waals surface area contributed by atoms with E-state index in [1.165, 1.54) is 10.5 Å². The van der Waals surface area contributed by atoms with E-state index in [4.69, 9.17) is 11.6 Å². The standard InChI is InChI=1S/C21H22BrClN4O3S/c22-18-6-8-20(9-7-18)31(29,30)27-12-10-26(11-13-27)16-21(28)25-24-15-19(23)14-17-4-2-1-3-5-17/h1-9,14-15H,10-13,16H2,(H,25,28)/b19-14-,24-15-. The van der Waals surface area contributed by atoms with Gasteiger partial charge >= 0.3 is 0 Å². The maximum absolute atomic E-state index is 12.7. The first-order valence-corrected chi connectivity index (χ1v) is 12.2. The van der Waals surface area contributed by atoms with Gasteiger partial charge in [-0.25, -0.2) is 13.8 Å². The Kier molecular flexibility index (Phi) is 8.39. The van der Waals surface area contributed by atoms with Crippen molar-refractivity contribution in [3.63, 3.8) is 0 Å². The topological polar surface area (TPSA) is 82.1 Å². The number of nitrogens with one attached hydrogen (secondary N) is 1. The summed E-state index contributed by atoms with van der Waals surface area (Å²) in [5, 5.41) is 4.26. The highest BCUT2D eigenvalue weighted by molar-refractivity contribution is 9.10. The van der Waals surface area contributed by atoms with Crippen LogP contribution < -0.4 is 5.43 Å². The van der Waals surface area contributed by atoms with E-state index >= 15 is 0 Å². The molecule has 2 aromatic rings. The fourth-order valence-corrected chi connectivity index (χ4v) is 4.90. The van der Waals surface area contributed by atoms with E-state index in [9.17, 15) is 13.2 Å². The largest absolute Gasteiger partial charge is 0.292 e. The van der Waals surface area contributed by atoms with Crippen LogP contribution in [0.1, 0.15) is 5.56 Å². The lowest BCUT2D eigenvalue weighted by Crippen LogP contribution is -2.50. The fourth-order valence-electron chi connectivity index (χ4n) is 3.03. The number of amides is 1. The molecule has 1 aliphatic heterocycles. The predicted molar refractivity (Wildman–Crippen MR) is 126 cm³/mol. The molecule has 1 N–H and O–H groups in total. The summed E-state index contributed by atoms with van der Waals surface area (Å²) in [6.07, 6.45) is 3.11. The van der Waals surface area contributed by atoms with Crippen LogP contribution in [-0.4, -0.2) is 62.5 Å². The summed E-state index contributed by atoms with van der Waals surface area (Å²) in [4.78, 5) is 14.3. The van der Waals surface area contributed by atoms with Crippen molar-refractivity contribution in [1.82, 2.24) is 14.6 Å². The van der Waals surface area contributed by atoms with Crippen LogP contribution in [0.25, 0.3) is 6.08 Å². The Morgan fingerprint density at radius 2 is 1.71 bits per heavy atom. The van der Waals surface area contributed by atoms with Crippen molar-refractivity contribution in [3.8, 4) is 0 Å². The van der Waals surface area contributed by atoms with Crippen molar-refractivity contribution in [1.29, 1.82) is 0 Å². The average molecular weight is 526 g/mol. The molecule has 0 aliphatic carbocycles. The Hall–Kier alpha value is -2.04. The van der Waals surface area contributed by atoms with E-state index in [0.717, 1.165) is 10.0 Å². The molecule has 0 aromatic heterocycles. The molecule has 0 bridgehead atoms. The number of carbonyl (C=O) groups excluding carboxylic acids is 1. The van der Waals surface area contributed by atoms with Gasteiger partial charge in [0.15, 0.2) is 0 Å². The molecule has 0 radical (unpaired) electrons. The summed E-state index contributed by atoms with van der Waals surface area (Å²) in [6.45, 7) is 1.69. The molecule has 2 aromatic carbocycles. The van der Waals surface area contributed by atoms with Crippen LogP contribution in [0.15, 0.2) is 74.1 Å². The molecule has 1 aliphatic rings. The molecule has 164 valence electrons. The number of rotatable bonds is 7. The zero-order valence-electron chi connectivity index (χ0n) is 16.6. The summed E-state index contributed by atoms with van der Waals surface area (Å²) in [6, 6.07) is 16.1. The lowest BCUT2D eigenvalue weighted by atomic mass is 10.2. The van der Waals surface area contributed by atoms with E-state index < -0.39 is 10.0 Å². The maximum atomic E-state index is 12.7. The normalized spacial score (nSPS) is 16.5. The van der Waals surface area contributed by atoms with E-state index in [1.54, 1.807) is 30.3 Å². The number of nitrogens with zero attached hydrogens (tertiary/aromatic N) is 3. The summed E-state index contributed by atoms with van der Waals surface area (Å²) in [5.41, 5.74) is 3.38. The molecule has 1 fully saturated rings. The Morgan fingerprint density at radius 3 is 2.35 bits per heavy atom. The van der Waals surface area contributed by atoms with E-state index in [-0.39, 0.29) is 17.3 Å². The number of hydrogen-bond acceptors (Lipinski definition) is 5. The highest BCUT2D eigenvalue weighted by atomic mass is 79.9. The van der Waals surface area contributed by atoms with Crippen molar-refractivity contribution < 1.29 is 13.2 Å². The summed E-state index contributed by atoms with van der Waals surface area (Å²) >= 11 is 9.40. The first-order valence-electron chi connectivity index (χ1n) is 9.57. The molecule has 7 nitrogen and oxygen atoms in total. The van der Waals surface area contributed by atoms with Gasteiger partial charge in [0.2, 0.25) is 10.0 Å². The highest BCUT2D eigenvalue weighted by Gasteiger charge is 2.28. The summed E-state index contributed by atoms with van der Waals surface area (Å²) in [7, 11) is -3.54. The van der Waals surface area contributed by atoms with Crippen LogP contribution in [0.3, 0.4) is 0 Å². The number of sulfonamides is 1. The van der Waals surface area contributed by atoms with Gasteiger partial charge in [-0.2, -0.15) is 9.41 Å². The van der Waals surface area contributed by atoms with Crippen molar-refractivity contribution in [2.45, 2.75) is 4.90 Å². The summed E-state index contributed by atoms with van der Waals surface area (Å²) in [5.74, 6) is -0.287. The van der Waals surface area contributed by atoms with Gasteiger partial charge in [-0.15, -0.1) is 0 Å². The van der Waals surface area contributed by atoms with Crippen LogP contribution in [0, 0.1) is 0 Å². The second kappa shape index (κ2) is 11.0. The molecule has 10 heteroatoms. The van der Waals surface area contributed by atoms with E-state index in [0.29, 0.717) is 31.2 Å². The molecule has 3 rings (SSSR count). The SMILES string of the molecule is O=C(CN1CCN(S(=O)(=O)c2ccc(Br)cc2)CC1)N/N=C\C(Cl)=C\c1ccccc1.